The Balaban J connectivity index is 2.14. The topological polar surface area (TPSA) is 43.6 Å². The first kappa shape index (κ1) is 13.8. The summed E-state index contributed by atoms with van der Waals surface area (Å²) in [5.74, 6) is 0.820. The Labute approximate surface area is 127 Å². The van der Waals surface area contributed by atoms with E-state index in [-0.39, 0.29) is 0 Å². The Hall–Kier alpha value is -2.14. The maximum Gasteiger partial charge on any atom is 0.167 e. The van der Waals surface area contributed by atoms with Crippen LogP contribution in [0.1, 0.15) is 11.1 Å². The molecule has 4 nitrogen and oxygen atoms in total. The molecule has 3 rings (SSSR count). The molecule has 0 amide bonds. The summed E-state index contributed by atoms with van der Waals surface area (Å²) in [6, 6.07) is 6.32. The van der Waals surface area contributed by atoms with Gasteiger partial charge in [-0.3, -0.25) is 0 Å². The van der Waals surface area contributed by atoms with Crippen molar-refractivity contribution in [1.82, 2.24) is 19.7 Å². The molecule has 1 aromatic carbocycles. The molecule has 0 aliphatic rings. The Kier molecular flexibility index (Phi) is 3.75. The minimum atomic E-state index is 0.820. The van der Waals surface area contributed by atoms with Gasteiger partial charge in [0.15, 0.2) is 5.65 Å². The van der Waals surface area contributed by atoms with Gasteiger partial charge in [-0.2, -0.15) is 5.10 Å². The molecule has 2 aromatic heterocycles. The van der Waals surface area contributed by atoms with E-state index in [1.807, 2.05) is 17.0 Å². The summed E-state index contributed by atoms with van der Waals surface area (Å²) in [6.07, 6.45) is 5.29. The molecule has 0 saturated carbocycles. The molecule has 2 heterocycles. The average Bonchev–Trinajstić information content (AvgIpc) is 2.89. The average molecular weight is 296 g/mol. The first-order valence-electron chi connectivity index (χ1n) is 6.71. The fourth-order valence-electron chi connectivity index (χ4n) is 2.29. The number of fused-ring (bicyclic) bond motifs is 1. The zero-order chi connectivity index (χ0) is 14.8. The van der Waals surface area contributed by atoms with E-state index in [9.17, 15) is 0 Å². The van der Waals surface area contributed by atoms with Gasteiger partial charge in [0.1, 0.15) is 11.4 Å². The van der Waals surface area contributed by atoms with Gasteiger partial charge in [-0.05, 0) is 25.5 Å². The lowest BCUT2D eigenvalue weighted by Gasteiger charge is -2.08. The molecule has 0 fully saturated rings. The Morgan fingerprint density at radius 3 is 2.90 bits per heavy atom. The van der Waals surface area contributed by atoms with Crippen LogP contribution in [0.5, 0.6) is 0 Å². The van der Waals surface area contributed by atoms with Crippen LogP contribution in [-0.2, 0) is 0 Å². The lowest BCUT2D eigenvalue weighted by Crippen LogP contribution is -2.00. The van der Waals surface area contributed by atoms with Crippen molar-refractivity contribution in [3.63, 3.8) is 0 Å². The molecule has 0 unspecified atom stereocenters. The van der Waals surface area contributed by atoms with Gasteiger partial charge in [0.2, 0.25) is 0 Å². The fraction of sp³-hybridized carbons (Fsp3) is 0.188. The summed E-state index contributed by atoms with van der Waals surface area (Å²) < 4.78 is 1.88. The summed E-state index contributed by atoms with van der Waals surface area (Å²) in [7, 11) is 0. The van der Waals surface area contributed by atoms with Gasteiger partial charge in [-0.15, -0.1) is 18.3 Å². The molecule has 0 atom stereocenters. The minimum absolute atomic E-state index is 0.820. The summed E-state index contributed by atoms with van der Waals surface area (Å²) >= 11 is 1.64. The van der Waals surface area contributed by atoms with Crippen LogP contribution in [0.25, 0.3) is 16.7 Å². The van der Waals surface area contributed by atoms with E-state index in [0.717, 1.165) is 27.5 Å². The first-order chi connectivity index (χ1) is 10.2. The van der Waals surface area contributed by atoms with E-state index in [2.05, 4.69) is 53.7 Å². The van der Waals surface area contributed by atoms with Crippen LogP contribution in [0.3, 0.4) is 0 Å². The number of aromatic nitrogens is 4. The van der Waals surface area contributed by atoms with E-state index in [1.54, 1.807) is 18.1 Å². The van der Waals surface area contributed by atoms with Gasteiger partial charge in [-0.25, -0.2) is 14.6 Å². The summed E-state index contributed by atoms with van der Waals surface area (Å²) in [4.78, 5) is 8.74. The molecule has 0 bridgehead atoms. The number of aryl methyl sites for hydroxylation is 2. The molecule has 0 N–H and O–H groups in total. The monoisotopic (exact) mass is 296 g/mol. The lowest BCUT2D eigenvalue weighted by molar-refractivity contribution is 0.885. The van der Waals surface area contributed by atoms with E-state index in [4.69, 9.17) is 0 Å². The van der Waals surface area contributed by atoms with Gasteiger partial charge < -0.3 is 0 Å². The molecular formula is C16H16N4S. The van der Waals surface area contributed by atoms with Crippen LogP contribution < -0.4 is 0 Å². The standard InChI is InChI=1S/C16H16N4S/c1-4-7-21-16-13-9-19-20(15(13)17-10-18-16)14-6-5-11(2)8-12(14)3/h4-6,8-10H,1,7H2,2-3H3. The number of rotatable bonds is 4. The fourth-order valence-corrected chi connectivity index (χ4v) is 2.99. The quantitative estimate of drug-likeness (QED) is 0.418. The van der Waals surface area contributed by atoms with Crippen LogP contribution in [0, 0.1) is 13.8 Å². The largest absolute Gasteiger partial charge is 0.229 e. The van der Waals surface area contributed by atoms with Gasteiger partial charge >= 0.3 is 0 Å². The third-order valence-corrected chi connectivity index (χ3v) is 4.25. The van der Waals surface area contributed by atoms with Gasteiger partial charge in [0, 0.05) is 5.75 Å². The molecule has 0 saturated heterocycles. The van der Waals surface area contributed by atoms with Crippen LogP contribution in [0.2, 0.25) is 0 Å². The van der Waals surface area contributed by atoms with E-state index in [1.165, 1.54) is 11.1 Å². The number of benzene rings is 1. The molecular weight excluding hydrogens is 280 g/mol. The second-order valence-corrected chi connectivity index (χ2v) is 5.87. The second kappa shape index (κ2) is 5.69. The van der Waals surface area contributed by atoms with Gasteiger partial charge in [0.05, 0.1) is 17.3 Å². The molecule has 0 aliphatic carbocycles. The van der Waals surface area contributed by atoms with Crippen LogP contribution in [-0.4, -0.2) is 25.5 Å². The highest BCUT2D eigenvalue weighted by molar-refractivity contribution is 7.99. The van der Waals surface area contributed by atoms with E-state index in [0.29, 0.717) is 0 Å². The second-order valence-electron chi connectivity index (χ2n) is 4.86. The van der Waals surface area contributed by atoms with E-state index < -0.39 is 0 Å². The maximum atomic E-state index is 4.50. The Bertz CT molecular complexity index is 807. The highest BCUT2D eigenvalue weighted by Crippen LogP contribution is 2.26. The molecule has 3 aromatic rings. The smallest absolute Gasteiger partial charge is 0.167 e. The number of thioether (sulfide) groups is 1. The third-order valence-electron chi connectivity index (χ3n) is 3.25. The first-order valence-corrected chi connectivity index (χ1v) is 7.69. The van der Waals surface area contributed by atoms with Crippen molar-refractivity contribution in [3.8, 4) is 5.69 Å². The predicted molar refractivity (Wildman–Crippen MR) is 87.1 cm³/mol. The van der Waals surface area contributed by atoms with Gasteiger partial charge in [0.25, 0.3) is 0 Å². The van der Waals surface area contributed by atoms with Crippen molar-refractivity contribution in [2.24, 2.45) is 0 Å². The summed E-state index contributed by atoms with van der Waals surface area (Å²) in [6.45, 7) is 7.92. The Morgan fingerprint density at radius 2 is 2.14 bits per heavy atom. The predicted octanol–water partition coefficient (Wildman–Crippen LogP) is 3.71. The van der Waals surface area contributed by atoms with Gasteiger partial charge in [-0.1, -0.05) is 23.8 Å². The molecule has 5 heteroatoms. The molecule has 0 radical (unpaired) electrons. The van der Waals surface area contributed by atoms with Crippen molar-refractivity contribution >= 4 is 22.8 Å². The van der Waals surface area contributed by atoms with Crippen LogP contribution in [0.4, 0.5) is 0 Å². The van der Waals surface area contributed by atoms with Crippen LogP contribution >= 0.6 is 11.8 Å². The molecule has 0 aliphatic heterocycles. The Morgan fingerprint density at radius 1 is 1.29 bits per heavy atom. The lowest BCUT2D eigenvalue weighted by atomic mass is 10.1. The maximum absolute atomic E-state index is 4.50. The zero-order valence-corrected chi connectivity index (χ0v) is 12.9. The third kappa shape index (κ3) is 2.56. The number of hydrogen-bond donors (Lipinski definition) is 0. The minimum Gasteiger partial charge on any atom is -0.229 e. The molecule has 106 valence electrons. The number of nitrogens with zero attached hydrogens (tertiary/aromatic N) is 4. The SMILES string of the molecule is C=CCSc1ncnc2c1cnn2-c1ccc(C)cc1C. The summed E-state index contributed by atoms with van der Waals surface area (Å²) in [5, 5.41) is 6.42. The van der Waals surface area contributed by atoms with Crippen molar-refractivity contribution in [2.45, 2.75) is 18.9 Å². The van der Waals surface area contributed by atoms with E-state index >= 15 is 0 Å². The molecule has 0 spiro atoms. The number of hydrogen-bond acceptors (Lipinski definition) is 4. The zero-order valence-electron chi connectivity index (χ0n) is 12.1. The van der Waals surface area contributed by atoms with Crippen LogP contribution in [0.15, 0.2) is 48.4 Å². The highest BCUT2D eigenvalue weighted by atomic mass is 32.2. The van der Waals surface area contributed by atoms with Crippen molar-refractivity contribution in [2.75, 3.05) is 5.75 Å². The highest BCUT2D eigenvalue weighted by Gasteiger charge is 2.12. The van der Waals surface area contributed by atoms with Crippen molar-refractivity contribution in [1.29, 1.82) is 0 Å². The summed E-state index contributed by atoms with van der Waals surface area (Å²) in [5.41, 5.74) is 4.31. The molecule has 21 heavy (non-hydrogen) atoms. The van der Waals surface area contributed by atoms with Crippen molar-refractivity contribution < 1.29 is 0 Å². The van der Waals surface area contributed by atoms with Crippen molar-refractivity contribution in [3.05, 3.63) is 54.5 Å². The normalized spacial score (nSPS) is 11.0.